The number of aromatic hydroxyl groups is 1. The SMILES string of the molecule is O=C1CNCCN1c1ccccc1O. The molecule has 14 heavy (non-hydrogen) atoms. The summed E-state index contributed by atoms with van der Waals surface area (Å²) in [5.41, 5.74) is 0.596. The molecular formula is C10H12N2O2. The number of nitrogens with one attached hydrogen (secondary N) is 1. The summed E-state index contributed by atoms with van der Waals surface area (Å²) in [5, 5.41) is 12.5. The van der Waals surface area contributed by atoms with Gasteiger partial charge in [0.1, 0.15) is 5.75 Å². The monoisotopic (exact) mass is 192 g/mol. The predicted octanol–water partition coefficient (Wildman–Crippen LogP) is 0.328. The first kappa shape index (κ1) is 9.02. The van der Waals surface area contributed by atoms with Gasteiger partial charge in [0.15, 0.2) is 0 Å². The van der Waals surface area contributed by atoms with Gasteiger partial charge in [0.05, 0.1) is 12.2 Å². The van der Waals surface area contributed by atoms with E-state index in [1.54, 1.807) is 23.1 Å². The Hall–Kier alpha value is -1.55. The second-order valence-electron chi connectivity index (χ2n) is 3.21. The minimum atomic E-state index is -0.00208. The molecule has 0 aromatic heterocycles. The molecule has 1 fully saturated rings. The molecule has 4 nitrogen and oxygen atoms in total. The molecule has 0 unspecified atom stereocenters. The Morgan fingerprint density at radius 2 is 2.14 bits per heavy atom. The highest BCUT2D eigenvalue weighted by Gasteiger charge is 2.20. The normalized spacial score (nSPS) is 17.1. The van der Waals surface area contributed by atoms with E-state index in [4.69, 9.17) is 0 Å². The summed E-state index contributed by atoms with van der Waals surface area (Å²) < 4.78 is 0. The van der Waals surface area contributed by atoms with Crippen molar-refractivity contribution in [3.8, 4) is 5.75 Å². The van der Waals surface area contributed by atoms with Gasteiger partial charge in [0.25, 0.3) is 0 Å². The lowest BCUT2D eigenvalue weighted by molar-refractivity contribution is -0.118. The third-order valence-corrected chi connectivity index (χ3v) is 2.26. The summed E-state index contributed by atoms with van der Waals surface area (Å²) in [6.07, 6.45) is 0. The van der Waals surface area contributed by atoms with Crippen LogP contribution in [0.1, 0.15) is 0 Å². The van der Waals surface area contributed by atoms with Crippen LogP contribution >= 0.6 is 0 Å². The Labute approximate surface area is 82.2 Å². The first-order chi connectivity index (χ1) is 6.79. The van der Waals surface area contributed by atoms with Crippen LogP contribution in [0.2, 0.25) is 0 Å². The zero-order chi connectivity index (χ0) is 9.97. The maximum atomic E-state index is 11.5. The van der Waals surface area contributed by atoms with E-state index in [2.05, 4.69) is 5.32 Å². The minimum absolute atomic E-state index is 0.00208. The molecule has 0 spiro atoms. The standard InChI is InChI=1S/C10H12N2O2/c13-9-4-2-1-3-8(9)12-6-5-11-7-10(12)14/h1-4,11,13H,5-7H2. The topological polar surface area (TPSA) is 52.6 Å². The van der Waals surface area contributed by atoms with E-state index in [1.807, 2.05) is 6.07 Å². The second kappa shape index (κ2) is 3.67. The summed E-state index contributed by atoms with van der Waals surface area (Å²) in [4.78, 5) is 13.1. The molecule has 4 heteroatoms. The third kappa shape index (κ3) is 1.56. The highest BCUT2D eigenvalue weighted by Crippen LogP contribution is 2.26. The second-order valence-corrected chi connectivity index (χ2v) is 3.21. The number of carbonyl (C=O) groups excluding carboxylic acids is 1. The number of benzene rings is 1. The number of phenolic OH excluding ortho intramolecular Hbond substituents is 1. The lowest BCUT2D eigenvalue weighted by Crippen LogP contribution is -2.48. The van der Waals surface area contributed by atoms with Crippen molar-refractivity contribution < 1.29 is 9.90 Å². The van der Waals surface area contributed by atoms with Gasteiger partial charge in [-0.15, -0.1) is 0 Å². The van der Waals surface area contributed by atoms with Crippen molar-refractivity contribution in [3.05, 3.63) is 24.3 Å². The van der Waals surface area contributed by atoms with Crippen LogP contribution in [0.5, 0.6) is 5.75 Å². The summed E-state index contributed by atoms with van der Waals surface area (Å²) in [6, 6.07) is 6.89. The maximum absolute atomic E-state index is 11.5. The predicted molar refractivity (Wildman–Crippen MR) is 53.3 cm³/mol. The van der Waals surface area contributed by atoms with Crippen LogP contribution < -0.4 is 10.2 Å². The Balaban J connectivity index is 2.29. The molecule has 1 aliphatic rings. The molecule has 0 radical (unpaired) electrons. The van der Waals surface area contributed by atoms with Gasteiger partial charge in [0, 0.05) is 13.1 Å². The van der Waals surface area contributed by atoms with Crippen molar-refractivity contribution in [2.45, 2.75) is 0 Å². The van der Waals surface area contributed by atoms with E-state index < -0.39 is 0 Å². The van der Waals surface area contributed by atoms with Crippen molar-refractivity contribution in [1.82, 2.24) is 5.32 Å². The van der Waals surface area contributed by atoms with E-state index >= 15 is 0 Å². The van der Waals surface area contributed by atoms with Gasteiger partial charge in [-0.25, -0.2) is 0 Å². The molecule has 1 aromatic carbocycles. The number of hydrogen-bond donors (Lipinski definition) is 2. The minimum Gasteiger partial charge on any atom is -0.506 e. The van der Waals surface area contributed by atoms with Crippen LogP contribution in [0.3, 0.4) is 0 Å². The molecule has 0 saturated carbocycles. The van der Waals surface area contributed by atoms with E-state index in [0.29, 0.717) is 18.8 Å². The summed E-state index contributed by atoms with van der Waals surface area (Å²) in [5.74, 6) is 0.153. The maximum Gasteiger partial charge on any atom is 0.241 e. The van der Waals surface area contributed by atoms with Crippen LogP contribution in [0.4, 0.5) is 5.69 Å². The molecule has 0 atom stereocenters. The lowest BCUT2D eigenvalue weighted by atomic mass is 10.2. The largest absolute Gasteiger partial charge is 0.506 e. The van der Waals surface area contributed by atoms with Gasteiger partial charge >= 0.3 is 0 Å². The van der Waals surface area contributed by atoms with Crippen molar-refractivity contribution in [1.29, 1.82) is 0 Å². The molecule has 74 valence electrons. The number of carbonyl (C=O) groups is 1. The van der Waals surface area contributed by atoms with Gasteiger partial charge in [-0.2, -0.15) is 0 Å². The Kier molecular flexibility index (Phi) is 2.37. The summed E-state index contributed by atoms with van der Waals surface area (Å²) in [7, 11) is 0. The number of rotatable bonds is 1. The fourth-order valence-corrected chi connectivity index (χ4v) is 1.55. The Bertz CT molecular complexity index is 352. The zero-order valence-electron chi connectivity index (χ0n) is 7.73. The number of amides is 1. The van der Waals surface area contributed by atoms with E-state index in [-0.39, 0.29) is 11.7 Å². The van der Waals surface area contributed by atoms with Crippen molar-refractivity contribution in [2.75, 3.05) is 24.5 Å². The fourth-order valence-electron chi connectivity index (χ4n) is 1.55. The molecule has 1 aliphatic heterocycles. The van der Waals surface area contributed by atoms with Crippen molar-refractivity contribution in [3.63, 3.8) is 0 Å². The quantitative estimate of drug-likeness (QED) is 0.674. The van der Waals surface area contributed by atoms with Gasteiger partial charge in [-0.05, 0) is 12.1 Å². The molecule has 0 bridgehead atoms. The van der Waals surface area contributed by atoms with Crippen LogP contribution in [-0.2, 0) is 4.79 Å². The van der Waals surface area contributed by atoms with Gasteiger partial charge < -0.3 is 15.3 Å². The summed E-state index contributed by atoms with van der Waals surface area (Å²) in [6.45, 7) is 1.71. The molecule has 2 N–H and O–H groups in total. The van der Waals surface area contributed by atoms with Crippen molar-refractivity contribution >= 4 is 11.6 Å². The highest BCUT2D eigenvalue weighted by molar-refractivity contribution is 5.96. The lowest BCUT2D eigenvalue weighted by Gasteiger charge is -2.27. The van der Waals surface area contributed by atoms with Crippen LogP contribution in [-0.4, -0.2) is 30.6 Å². The highest BCUT2D eigenvalue weighted by atomic mass is 16.3. The summed E-state index contributed by atoms with van der Waals surface area (Å²) >= 11 is 0. The molecular weight excluding hydrogens is 180 g/mol. The van der Waals surface area contributed by atoms with Crippen LogP contribution in [0.25, 0.3) is 0 Å². The fraction of sp³-hybridized carbons (Fsp3) is 0.300. The molecule has 1 saturated heterocycles. The van der Waals surface area contributed by atoms with E-state index in [9.17, 15) is 9.90 Å². The number of phenols is 1. The van der Waals surface area contributed by atoms with Gasteiger partial charge in [-0.1, -0.05) is 12.1 Å². The first-order valence-electron chi connectivity index (χ1n) is 4.58. The van der Waals surface area contributed by atoms with Crippen LogP contribution in [0.15, 0.2) is 24.3 Å². The molecule has 1 amide bonds. The number of hydrogen-bond acceptors (Lipinski definition) is 3. The molecule has 0 aliphatic carbocycles. The van der Waals surface area contributed by atoms with Gasteiger partial charge in [0.2, 0.25) is 5.91 Å². The molecule has 1 aromatic rings. The number of anilines is 1. The van der Waals surface area contributed by atoms with Crippen LogP contribution in [0, 0.1) is 0 Å². The average Bonchev–Trinajstić information content (AvgIpc) is 2.20. The Morgan fingerprint density at radius 1 is 1.36 bits per heavy atom. The molecule has 1 heterocycles. The van der Waals surface area contributed by atoms with Gasteiger partial charge in [-0.3, -0.25) is 4.79 Å². The Morgan fingerprint density at radius 3 is 2.86 bits per heavy atom. The van der Waals surface area contributed by atoms with E-state index in [1.165, 1.54) is 0 Å². The smallest absolute Gasteiger partial charge is 0.241 e. The third-order valence-electron chi connectivity index (χ3n) is 2.26. The number of piperazine rings is 1. The number of para-hydroxylation sites is 2. The molecule has 2 rings (SSSR count). The zero-order valence-corrected chi connectivity index (χ0v) is 7.73. The van der Waals surface area contributed by atoms with E-state index in [0.717, 1.165) is 6.54 Å². The average molecular weight is 192 g/mol. The number of nitrogens with zero attached hydrogens (tertiary/aromatic N) is 1. The first-order valence-corrected chi connectivity index (χ1v) is 4.58. The van der Waals surface area contributed by atoms with Crippen molar-refractivity contribution in [2.24, 2.45) is 0 Å².